The molecule has 1 heterocycles. The zero-order valence-corrected chi connectivity index (χ0v) is 13.8. The molecule has 0 aliphatic heterocycles. The van der Waals surface area contributed by atoms with Gasteiger partial charge in [0, 0.05) is 16.4 Å². The molecule has 0 aliphatic carbocycles. The number of hydrogen-bond acceptors (Lipinski definition) is 4. The molecule has 0 atom stereocenters. The summed E-state index contributed by atoms with van der Waals surface area (Å²) in [6.45, 7) is 8.47. The van der Waals surface area contributed by atoms with E-state index in [1.807, 2.05) is 25.1 Å². The first-order valence-electron chi connectivity index (χ1n) is 6.41. The van der Waals surface area contributed by atoms with E-state index in [-0.39, 0.29) is 5.41 Å². The fourth-order valence-electron chi connectivity index (χ4n) is 1.76. The quantitative estimate of drug-likeness (QED) is 0.837. The molecule has 0 unspecified atom stereocenters. The lowest BCUT2D eigenvalue weighted by Gasteiger charge is -2.14. The van der Waals surface area contributed by atoms with E-state index in [1.54, 1.807) is 11.3 Å². The molecule has 20 heavy (non-hydrogen) atoms. The van der Waals surface area contributed by atoms with Crippen molar-refractivity contribution in [3.63, 3.8) is 0 Å². The van der Waals surface area contributed by atoms with Crippen molar-refractivity contribution < 1.29 is 0 Å². The molecule has 2 aromatic rings. The molecule has 1 aromatic carbocycles. The van der Waals surface area contributed by atoms with E-state index in [9.17, 15) is 0 Å². The van der Waals surface area contributed by atoms with E-state index >= 15 is 0 Å². The third-order valence-corrected chi connectivity index (χ3v) is 3.93. The number of aryl methyl sites for hydroxylation is 1. The highest BCUT2D eigenvalue weighted by molar-refractivity contribution is 7.80. The van der Waals surface area contributed by atoms with E-state index in [2.05, 4.69) is 36.5 Å². The van der Waals surface area contributed by atoms with Crippen LogP contribution in [0.15, 0.2) is 23.6 Å². The van der Waals surface area contributed by atoms with Gasteiger partial charge in [0.25, 0.3) is 0 Å². The zero-order chi connectivity index (χ0) is 14.9. The molecule has 1 aromatic heterocycles. The van der Waals surface area contributed by atoms with Gasteiger partial charge in [-0.25, -0.2) is 4.98 Å². The van der Waals surface area contributed by atoms with Crippen LogP contribution in [0.1, 0.15) is 37.6 Å². The number of hydrogen-bond donors (Lipinski definition) is 2. The van der Waals surface area contributed by atoms with E-state index in [4.69, 9.17) is 18.0 Å². The van der Waals surface area contributed by atoms with Gasteiger partial charge in [0.15, 0.2) is 5.13 Å². The Morgan fingerprint density at radius 1 is 1.35 bits per heavy atom. The number of thiazole rings is 1. The highest BCUT2D eigenvalue weighted by Gasteiger charge is 2.17. The molecule has 5 heteroatoms. The van der Waals surface area contributed by atoms with Crippen LogP contribution in [0.2, 0.25) is 0 Å². The molecule has 0 spiro atoms. The Bertz CT molecular complexity index is 639. The van der Waals surface area contributed by atoms with Crippen molar-refractivity contribution >= 4 is 39.4 Å². The molecular weight excluding hydrogens is 286 g/mol. The number of nitrogens with zero attached hydrogens (tertiary/aromatic N) is 1. The predicted octanol–water partition coefficient (Wildman–Crippen LogP) is 4.13. The molecular formula is C15H19N3S2. The van der Waals surface area contributed by atoms with Crippen LogP contribution >= 0.6 is 23.6 Å². The standard InChI is InChI=1S/C15H19N3S2/c1-9-5-6-11(10(7-9)13(16)19)17-14-18-12(8-20-14)15(2,3)4/h5-8H,1-4H3,(H2,16,19)(H,17,18). The first kappa shape index (κ1) is 14.9. The maximum absolute atomic E-state index is 5.79. The molecule has 0 amide bonds. The third-order valence-electron chi connectivity index (χ3n) is 2.95. The minimum Gasteiger partial charge on any atom is -0.389 e. The van der Waals surface area contributed by atoms with E-state index < -0.39 is 0 Å². The Labute approximate surface area is 129 Å². The summed E-state index contributed by atoms with van der Waals surface area (Å²) >= 11 is 6.70. The average Bonchev–Trinajstić information content (AvgIpc) is 2.79. The van der Waals surface area contributed by atoms with Gasteiger partial charge >= 0.3 is 0 Å². The number of thiocarbonyl (C=S) groups is 1. The molecule has 0 saturated carbocycles. The van der Waals surface area contributed by atoms with Gasteiger partial charge in [-0.1, -0.05) is 44.6 Å². The molecule has 2 rings (SSSR count). The largest absolute Gasteiger partial charge is 0.389 e. The van der Waals surface area contributed by atoms with Crippen LogP contribution in [-0.4, -0.2) is 9.97 Å². The van der Waals surface area contributed by atoms with Gasteiger partial charge in [-0.05, 0) is 19.1 Å². The second kappa shape index (κ2) is 5.50. The SMILES string of the molecule is Cc1ccc(Nc2nc(C(C)(C)C)cs2)c(C(N)=S)c1. The third kappa shape index (κ3) is 3.35. The van der Waals surface area contributed by atoms with Crippen LogP contribution in [0.5, 0.6) is 0 Å². The highest BCUT2D eigenvalue weighted by Crippen LogP contribution is 2.29. The first-order valence-corrected chi connectivity index (χ1v) is 7.69. The Morgan fingerprint density at radius 3 is 2.60 bits per heavy atom. The minimum atomic E-state index is 0.0513. The Kier molecular flexibility index (Phi) is 4.11. The van der Waals surface area contributed by atoms with Crippen LogP contribution in [0.25, 0.3) is 0 Å². The van der Waals surface area contributed by atoms with Crippen molar-refractivity contribution in [2.45, 2.75) is 33.1 Å². The van der Waals surface area contributed by atoms with E-state index in [1.165, 1.54) is 0 Å². The molecule has 0 radical (unpaired) electrons. The molecule has 0 saturated heterocycles. The average molecular weight is 305 g/mol. The van der Waals surface area contributed by atoms with Gasteiger partial charge in [-0.2, -0.15) is 0 Å². The van der Waals surface area contributed by atoms with Gasteiger partial charge in [0.2, 0.25) is 0 Å². The summed E-state index contributed by atoms with van der Waals surface area (Å²) in [5, 5.41) is 6.25. The van der Waals surface area contributed by atoms with E-state index in [0.717, 1.165) is 27.6 Å². The number of nitrogens with one attached hydrogen (secondary N) is 1. The van der Waals surface area contributed by atoms with Crippen molar-refractivity contribution in [3.05, 3.63) is 40.4 Å². The monoisotopic (exact) mass is 305 g/mol. The molecule has 0 fully saturated rings. The van der Waals surface area contributed by atoms with Crippen LogP contribution in [0.4, 0.5) is 10.8 Å². The Hall–Kier alpha value is -1.46. The maximum atomic E-state index is 5.79. The Balaban J connectivity index is 2.31. The van der Waals surface area contributed by atoms with Gasteiger partial charge in [-0.15, -0.1) is 11.3 Å². The van der Waals surface area contributed by atoms with Crippen LogP contribution in [-0.2, 0) is 5.41 Å². The van der Waals surface area contributed by atoms with Crippen LogP contribution < -0.4 is 11.1 Å². The number of aromatic nitrogens is 1. The van der Waals surface area contributed by atoms with Crippen molar-refractivity contribution in [2.75, 3.05) is 5.32 Å². The summed E-state index contributed by atoms with van der Waals surface area (Å²) in [7, 11) is 0. The molecule has 106 valence electrons. The predicted molar refractivity (Wildman–Crippen MR) is 91.2 cm³/mol. The van der Waals surface area contributed by atoms with E-state index in [0.29, 0.717) is 4.99 Å². The summed E-state index contributed by atoms with van der Waals surface area (Å²) in [6, 6.07) is 6.01. The van der Waals surface area contributed by atoms with Crippen molar-refractivity contribution in [1.29, 1.82) is 0 Å². The molecule has 0 bridgehead atoms. The maximum Gasteiger partial charge on any atom is 0.187 e. The second-order valence-electron chi connectivity index (χ2n) is 5.83. The summed E-state index contributed by atoms with van der Waals surface area (Å²) < 4.78 is 0. The number of rotatable bonds is 3. The van der Waals surface area contributed by atoms with Gasteiger partial charge < -0.3 is 11.1 Å². The normalized spacial score (nSPS) is 11.4. The van der Waals surface area contributed by atoms with Gasteiger partial charge in [-0.3, -0.25) is 0 Å². The number of benzene rings is 1. The van der Waals surface area contributed by atoms with Crippen molar-refractivity contribution in [3.8, 4) is 0 Å². The summed E-state index contributed by atoms with van der Waals surface area (Å²) in [4.78, 5) is 5.02. The highest BCUT2D eigenvalue weighted by atomic mass is 32.1. The van der Waals surface area contributed by atoms with Gasteiger partial charge in [0.05, 0.1) is 11.4 Å². The lowest BCUT2D eigenvalue weighted by Crippen LogP contribution is -2.13. The molecule has 3 nitrogen and oxygen atoms in total. The topological polar surface area (TPSA) is 50.9 Å². The van der Waals surface area contributed by atoms with Crippen LogP contribution in [0, 0.1) is 6.92 Å². The number of nitrogens with two attached hydrogens (primary N) is 1. The number of anilines is 2. The van der Waals surface area contributed by atoms with Crippen molar-refractivity contribution in [1.82, 2.24) is 4.98 Å². The summed E-state index contributed by atoms with van der Waals surface area (Å²) in [5.41, 5.74) is 9.80. The molecule has 0 aliphatic rings. The van der Waals surface area contributed by atoms with Crippen LogP contribution in [0.3, 0.4) is 0 Å². The van der Waals surface area contributed by atoms with Crippen molar-refractivity contribution in [2.24, 2.45) is 5.73 Å². The molecule has 3 N–H and O–H groups in total. The first-order chi connectivity index (χ1) is 9.27. The second-order valence-corrected chi connectivity index (χ2v) is 7.12. The minimum absolute atomic E-state index is 0.0513. The lowest BCUT2D eigenvalue weighted by atomic mass is 9.93. The lowest BCUT2D eigenvalue weighted by molar-refractivity contribution is 0.573. The fraction of sp³-hybridized carbons (Fsp3) is 0.333. The summed E-state index contributed by atoms with van der Waals surface area (Å²) in [5.74, 6) is 0. The zero-order valence-electron chi connectivity index (χ0n) is 12.2. The fourth-order valence-corrected chi connectivity index (χ4v) is 2.88. The smallest absolute Gasteiger partial charge is 0.187 e. The van der Waals surface area contributed by atoms with Gasteiger partial charge in [0.1, 0.15) is 4.99 Å². The Morgan fingerprint density at radius 2 is 2.05 bits per heavy atom. The summed E-state index contributed by atoms with van der Waals surface area (Å²) in [6.07, 6.45) is 0.